The molecule has 0 aliphatic carbocycles. The summed E-state index contributed by atoms with van der Waals surface area (Å²) in [6, 6.07) is 10.1. The number of carbonyl (C=O) groups excluding carboxylic acids is 1. The van der Waals surface area contributed by atoms with Gasteiger partial charge < -0.3 is 9.80 Å². The van der Waals surface area contributed by atoms with Crippen LogP contribution in [0.15, 0.2) is 30.3 Å². The maximum absolute atomic E-state index is 12.9. The molecule has 1 saturated heterocycles. The summed E-state index contributed by atoms with van der Waals surface area (Å²) in [6.07, 6.45) is 2.13. The summed E-state index contributed by atoms with van der Waals surface area (Å²) in [7, 11) is 0. The molecule has 3 rings (SSSR count). The maximum Gasteiger partial charge on any atom is 0.272 e. The molecular weight excluding hydrogens is 324 g/mol. The molecule has 5 heteroatoms. The summed E-state index contributed by atoms with van der Waals surface area (Å²) < 4.78 is 0. The third-order valence-corrected chi connectivity index (χ3v) is 5.00. The first kappa shape index (κ1) is 18.4. The molecule has 0 saturated carbocycles. The lowest BCUT2D eigenvalue weighted by Crippen LogP contribution is -2.38. The highest BCUT2D eigenvalue weighted by Crippen LogP contribution is 2.24. The van der Waals surface area contributed by atoms with Crippen LogP contribution in [0.3, 0.4) is 0 Å². The first-order valence-corrected chi connectivity index (χ1v) is 9.47. The van der Waals surface area contributed by atoms with Crippen LogP contribution >= 0.6 is 0 Å². The standard InChI is InChI=1S/C21H28N4O/c1-5-25(18-8-6-7-16(3)13-18)21-22-17(4)14-19(23-21)20(26)24-11-9-15(2)10-12-24/h6-8,13-15H,5,9-12H2,1-4H3. The molecule has 1 fully saturated rings. The van der Waals surface area contributed by atoms with Gasteiger partial charge in [0.1, 0.15) is 5.69 Å². The third kappa shape index (κ3) is 4.03. The van der Waals surface area contributed by atoms with Crippen LogP contribution < -0.4 is 4.90 Å². The van der Waals surface area contributed by atoms with E-state index in [1.807, 2.05) is 17.9 Å². The number of nitrogens with zero attached hydrogens (tertiary/aromatic N) is 4. The van der Waals surface area contributed by atoms with Gasteiger partial charge in [-0.3, -0.25) is 4.79 Å². The number of aryl methyl sites for hydroxylation is 2. The molecule has 2 heterocycles. The topological polar surface area (TPSA) is 49.3 Å². The maximum atomic E-state index is 12.9. The predicted molar refractivity (Wildman–Crippen MR) is 105 cm³/mol. The summed E-state index contributed by atoms with van der Waals surface area (Å²) in [4.78, 5) is 26.1. The Morgan fingerprint density at radius 1 is 1.19 bits per heavy atom. The smallest absolute Gasteiger partial charge is 0.272 e. The number of likely N-dealkylation sites (tertiary alicyclic amines) is 1. The first-order valence-electron chi connectivity index (χ1n) is 9.47. The lowest BCUT2D eigenvalue weighted by molar-refractivity contribution is 0.0691. The number of amides is 1. The molecule has 0 N–H and O–H groups in total. The summed E-state index contributed by atoms with van der Waals surface area (Å²) in [6.45, 7) is 10.7. The zero-order valence-corrected chi connectivity index (χ0v) is 16.2. The van der Waals surface area contributed by atoms with Gasteiger partial charge >= 0.3 is 0 Å². The Balaban J connectivity index is 1.90. The highest BCUT2D eigenvalue weighted by molar-refractivity contribution is 5.92. The van der Waals surface area contributed by atoms with Gasteiger partial charge in [-0.1, -0.05) is 19.1 Å². The minimum atomic E-state index is 0.0175. The second-order valence-electron chi connectivity index (χ2n) is 7.25. The van der Waals surface area contributed by atoms with Gasteiger partial charge in [0, 0.05) is 31.0 Å². The fourth-order valence-corrected chi connectivity index (χ4v) is 3.39. The van der Waals surface area contributed by atoms with Crippen LogP contribution in [0.25, 0.3) is 0 Å². The Kier molecular flexibility index (Phi) is 5.55. The van der Waals surface area contributed by atoms with Crippen LogP contribution in [0.5, 0.6) is 0 Å². The van der Waals surface area contributed by atoms with Crippen molar-refractivity contribution in [1.82, 2.24) is 14.9 Å². The van der Waals surface area contributed by atoms with Gasteiger partial charge in [0.2, 0.25) is 5.95 Å². The van der Waals surface area contributed by atoms with Gasteiger partial charge in [0.05, 0.1) is 0 Å². The van der Waals surface area contributed by atoms with Crippen LogP contribution in [-0.4, -0.2) is 40.4 Å². The van der Waals surface area contributed by atoms with E-state index in [4.69, 9.17) is 0 Å². The summed E-state index contributed by atoms with van der Waals surface area (Å²) in [5.41, 5.74) is 3.54. The first-order chi connectivity index (χ1) is 12.5. The van der Waals surface area contributed by atoms with E-state index in [9.17, 15) is 4.79 Å². The lowest BCUT2D eigenvalue weighted by atomic mass is 9.99. The fraction of sp³-hybridized carbons (Fsp3) is 0.476. The number of anilines is 2. The highest BCUT2D eigenvalue weighted by Gasteiger charge is 2.24. The number of carbonyl (C=O) groups is 1. The van der Waals surface area contributed by atoms with Crippen LogP contribution in [0.1, 0.15) is 48.4 Å². The number of hydrogen-bond acceptors (Lipinski definition) is 4. The van der Waals surface area contributed by atoms with Crippen molar-refractivity contribution in [2.75, 3.05) is 24.5 Å². The van der Waals surface area contributed by atoms with Crippen molar-refractivity contribution in [1.29, 1.82) is 0 Å². The third-order valence-electron chi connectivity index (χ3n) is 5.00. The highest BCUT2D eigenvalue weighted by atomic mass is 16.2. The summed E-state index contributed by atoms with van der Waals surface area (Å²) in [5, 5.41) is 0. The largest absolute Gasteiger partial charge is 0.337 e. The second kappa shape index (κ2) is 7.85. The molecule has 0 spiro atoms. The zero-order chi connectivity index (χ0) is 18.7. The Bertz CT molecular complexity index is 781. The van der Waals surface area contributed by atoms with Crippen molar-refractivity contribution >= 4 is 17.5 Å². The van der Waals surface area contributed by atoms with Gasteiger partial charge in [-0.25, -0.2) is 9.97 Å². The molecule has 1 amide bonds. The molecule has 0 atom stereocenters. The van der Waals surface area contributed by atoms with Gasteiger partial charge in [-0.2, -0.15) is 0 Å². The quantitative estimate of drug-likeness (QED) is 0.830. The van der Waals surface area contributed by atoms with Gasteiger partial charge in [-0.05, 0) is 63.3 Å². The molecule has 0 bridgehead atoms. The van der Waals surface area contributed by atoms with Crippen LogP contribution in [0.4, 0.5) is 11.6 Å². The van der Waals surface area contributed by atoms with Crippen molar-refractivity contribution in [3.8, 4) is 0 Å². The molecule has 1 aliphatic heterocycles. The van der Waals surface area contributed by atoms with Crippen LogP contribution in [0, 0.1) is 19.8 Å². The average molecular weight is 352 g/mol. The van der Waals surface area contributed by atoms with E-state index in [1.54, 1.807) is 6.07 Å². The van der Waals surface area contributed by atoms with Crippen LogP contribution in [-0.2, 0) is 0 Å². The Hall–Kier alpha value is -2.43. The van der Waals surface area contributed by atoms with E-state index in [1.165, 1.54) is 5.56 Å². The molecule has 1 aromatic heterocycles. The molecule has 26 heavy (non-hydrogen) atoms. The normalized spacial score (nSPS) is 15.2. The predicted octanol–water partition coefficient (Wildman–Crippen LogP) is 4.12. The van der Waals surface area contributed by atoms with E-state index >= 15 is 0 Å². The number of piperidine rings is 1. The number of aromatic nitrogens is 2. The van der Waals surface area contributed by atoms with E-state index in [-0.39, 0.29) is 5.91 Å². The van der Waals surface area contributed by atoms with E-state index in [0.717, 1.165) is 43.9 Å². The number of rotatable bonds is 4. The molecular formula is C21H28N4O. The van der Waals surface area contributed by atoms with Gasteiger partial charge in [-0.15, -0.1) is 0 Å². The van der Waals surface area contributed by atoms with E-state index in [0.29, 0.717) is 17.6 Å². The fourth-order valence-electron chi connectivity index (χ4n) is 3.39. The Morgan fingerprint density at radius 3 is 2.58 bits per heavy atom. The average Bonchev–Trinajstić information content (AvgIpc) is 2.62. The van der Waals surface area contributed by atoms with Crippen molar-refractivity contribution in [2.45, 2.75) is 40.5 Å². The van der Waals surface area contributed by atoms with Crippen molar-refractivity contribution in [2.24, 2.45) is 5.92 Å². The van der Waals surface area contributed by atoms with E-state index in [2.05, 4.69) is 53.8 Å². The van der Waals surface area contributed by atoms with E-state index < -0.39 is 0 Å². The second-order valence-corrected chi connectivity index (χ2v) is 7.25. The van der Waals surface area contributed by atoms with Crippen molar-refractivity contribution in [3.63, 3.8) is 0 Å². The number of hydrogen-bond donors (Lipinski definition) is 0. The van der Waals surface area contributed by atoms with Gasteiger partial charge in [0.25, 0.3) is 5.91 Å². The molecule has 0 radical (unpaired) electrons. The van der Waals surface area contributed by atoms with Crippen molar-refractivity contribution < 1.29 is 4.79 Å². The molecule has 1 aliphatic rings. The SMILES string of the molecule is CCN(c1cccc(C)c1)c1nc(C)cc(C(=O)N2CCC(C)CC2)n1. The lowest BCUT2D eigenvalue weighted by Gasteiger charge is -2.30. The molecule has 0 unspecified atom stereocenters. The molecule has 5 nitrogen and oxygen atoms in total. The monoisotopic (exact) mass is 352 g/mol. The minimum Gasteiger partial charge on any atom is -0.337 e. The zero-order valence-electron chi connectivity index (χ0n) is 16.2. The Morgan fingerprint density at radius 2 is 1.92 bits per heavy atom. The molecule has 2 aromatic rings. The minimum absolute atomic E-state index is 0.0175. The molecule has 138 valence electrons. The molecule has 1 aromatic carbocycles. The van der Waals surface area contributed by atoms with Crippen molar-refractivity contribution in [3.05, 3.63) is 47.3 Å². The Labute approximate surface area is 156 Å². The van der Waals surface area contributed by atoms with Gasteiger partial charge in [0.15, 0.2) is 0 Å². The van der Waals surface area contributed by atoms with Crippen LogP contribution in [0.2, 0.25) is 0 Å². The summed E-state index contributed by atoms with van der Waals surface area (Å²) in [5.74, 6) is 1.30. The number of benzene rings is 1. The summed E-state index contributed by atoms with van der Waals surface area (Å²) >= 11 is 0.